The summed E-state index contributed by atoms with van der Waals surface area (Å²) in [5, 5.41) is 9.85. The lowest BCUT2D eigenvalue weighted by Crippen LogP contribution is -2.48. The molecule has 6 saturated carbocycles. The van der Waals surface area contributed by atoms with Gasteiger partial charge in [-0.15, -0.1) is 0 Å². The minimum absolute atomic E-state index is 0.000546. The second-order valence-corrected chi connectivity index (χ2v) is 13.5. The van der Waals surface area contributed by atoms with E-state index in [1.54, 1.807) is 6.07 Å². The summed E-state index contributed by atoms with van der Waals surface area (Å²) in [6, 6.07) is 2.22. The van der Waals surface area contributed by atoms with Gasteiger partial charge in [0.15, 0.2) is 0 Å². The number of rotatable bonds is 6. The molecule has 1 aliphatic heterocycles. The average Bonchev–Trinajstić information content (AvgIpc) is 3.65. The number of piperidine rings is 1. The molecule has 1 aromatic carbocycles. The zero-order valence-corrected chi connectivity index (χ0v) is 20.8. The summed E-state index contributed by atoms with van der Waals surface area (Å²) >= 11 is 0. The van der Waals surface area contributed by atoms with Gasteiger partial charge in [-0.1, -0.05) is 13.8 Å². The van der Waals surface area contributed by atoms with Crippen LogP contribution in [0.3, 0.4) is 0 Å². The van der Waals surface area contributed by atoms with Crippen LogP contribution in [-0.4, -0.2) is 41.1 Å². The van der Waals surface area contributed by atoms with Gasteiger partial charge in [0.2, 0.25) is 0 Å². The molecule has 6 heteroatoms. The first-order chi connectivity index (χ1) is 16.6. The molecule has 1 saturated heterocycles. The molecule has 1 N–H and O–H groups in total. The second kappa shape index (κ2) is 7.23. The summed E-state index contributed by atoms with van der Waals surface area (Å²) < 4.78 is 21.8. The molecular weight excluding hydrogens is 445 g/mol. The van der Waals surface area contributed by atoms with E-state index in [-0.39, 0.29) is 28.2 Å². The molecule has 0 aromatic heterocycles. The van der Waals surface area contributed by atoms with Crippen molar-refractivity contribution in [2.45, 2.75) is 77.2 Å². The highest BCUT2D eigenvalue weighted by molar-refractivity contribution is 5.98. The van der Waals surface area contributed by atoms with Crippen LogP contribution in [0.25, 0.3) is 0 Å². The Morgan fingerprint density at radius 1 is 1.09 bits per heavy atom. The van der Waals surface area contributed by atoms with Crippen molar-refractivity contribution in [3.63, 3.8) is 0 Å². The van der Waals surface area contributed by atoms with Gasteiger partial charge in [-0.2, -0.15) is 0 Å². The number of nitrogens with zero attached hydrogens (tertiary/aromatic N) is 1. The Morgan fingerprint density at radius 2 is 1.71 bits per heavy atom. The van der Waals surface area contributed by atoms with Crippen LogP contribution in [0.15, 0.2) is 12.1 Å². The van der Waals surface area contributed by atoms with Gasteiger partial charge in [0.05, 0.1) is 12.2 Å². The maximum Gasteiger partial charge on any atom is 0.326 e. The molecule has 1 heterocycles. The molecule has 1 aromatic rings. The lowest BCUT2D eigenvalue weighted by atomic mass is 9.50. The van der Waals surface area contributed by atoms with Crippen LogP contribution in [0.5, 0.6) is 5.75 Å². The Kier molecular flexibility index (Phi) is 4.57. The second-order valence-electron chi connectivity index (χ2n) is 13.5. The average molecular weight is 482 g/mol. The van der Waals surface area contributed by atoms with E-state index in [0.717, 1.165) is 36.2 Å². The van der Waals surface area contributed by atoms with Crippen LogP contribution >= 0.6 is 0 Å². The summed E-state index contributed by atoms with van der Waals surface area (Å²) in [6.45, 7) is 5.15. The van der Waals surface area contributed by atoms with E-state index in [0.29, 0.717) is 24.8 Å². The number of carboxylic acid groups (broad SMARTS) is 1. The van der Waals surface area contributed by atoms with E-state index in [2.05, 4.69) is 13.8 Å². The third kappa shape index (κ3) is 3.37. The van der Waals surface area contributed by atoms with Gasteiger partial charge in [0, 0.05) is 23.9 Å². The monoisotopic (exact) mass is 481 g/mol. The van der Waals surface area contributed by atoms with E-state index >= 15 is 4.39 Å². The van der Waals surface area contributed by atoms with E-state index < -0.39 is 23.7 Å². The minimum atomic E-state index is -0.991. The fourth-order valence-corrected chi connectivity index (χ4v) is 9.20. The first-order valence-electron chi connectivity index (χ1n) is 13.7. The number of likely N-dealkylation sites (tertiary alicyclic amines) is 1. The van der Waals surface area contributed by atoms with Crippen molar-refractivity contribution in [3.05, 3.63) is 29.1 Å². The molecule has 0 radical (unpaired) electrons. The number of fused-ring (bicyclic) bond motifs is 1. The largest absolute Gasteiger partial charge is 0.493 e. The van der Waals surface area contributed by atoms with Crippen LogP contribution < -0.4 is 4.74 Å². The molecule has 8 rings (SSSR count). The third-order valence-corrected chi connectivity index (χ3v) is 10.8. The van der Waals surface area contributed by atoms with Crippen molar-refractivity contribution in [1.82, 2.24) is 4.90 Å². The molecule has 0 unspecified atom stereocenters. The van der Waals surface area contributed by atoms with E-state index in [9.17, 15) is 14.7 Å². The SMILES string of the molecule is CC1(C)[C@@H]2[C@@H](C(=O)O)N(C(=O)c3cc(C4CC4)c(OCC45CC6CC(CC(C6)C4)C5)cc3F)C[C@@H]21. The van der Waals surface area contributed by atoms with Crippen molar-refractivity contribution >= 4 is 11.9 Å². The number of ether oxygens (including phenoxy) is 1. The summed E-state index contributed by atoms with van der Waals surface area (Å²) in [5.41, 5.74) is 1.08. The van der Waals surface area contributed by atoms with E-state index in [1.165, 1.54) is 49.5 Å². The molecule has 7 aliphatic rings. The Morgan fingerprint density at radius 3 is 2.29 bits per heavy atom. The van der Waals surface area contributed by atoms with Crippen molar-refractivity contribution in [1.29, 1.82) is 0 Å². The van der Waals surface area contributed by atoms with Crippen molar-refractivity contribution < 1.29 is 23.8 Å². The quantitative estimate of drug-likeness (QED) is 0.584. The molecule has 188 valence electrons. The van der Waals surface area contributed by atoms with Gasteiger partial charge < -0.3 is 14.7 Å². The molecule has 5 nitrogen and oxygen atoms in total. The van der Waals surface area contributed by atoms with Gasteiger partial charge in [0.25, 0.3) is 5.91 Å². The van der Waals surface area contributed by atoms with Crippen LogP contribution in [0.4, 0.5) is 4.39 Å². The predicted molar refractivity (Wildman–Crippen MR) is 128 cm³/mol. The number of benzene rings is 1. The number of carboxylic acids is 1. The number of aliphatic carboxylic acids is 1. The fraction of sp³-hybridized carbons (Fsp3) is 0.724. The highest BCUT2D eigenvalue weighted by atomic mass is 19.1. The summed E-state index contributed by atoms with van der Waals surface area (Å²) in [5.74, 6) is 1.44. The van der Waals surface area contributed by atoms with Gasteiger partial charge in [-0.3, -0.25) is 4.79 Å². The molecule has 0 spiro atoms. The van der Waals surface area contributed by atoms with E-state index in [1.807, 2.05) is 0 Å². The molecule has 7 fully saturated rings. The van der Waals surface area contributed by atoms with Crippen LogP contribution in [-0.2, 0) is 4.79 Å². The molecule has 1 amide bonds. The highest BCUT2D eigenvalue weighted by Gasteiger charge is 2.69. The Hall–Kier alpha value is -2.11. The number of carbonyl (C=O) groups is 2. The van der Waals surface area contributed by atoms with Gasteiger partial charge in [0.1, 0.15) is 17.6 Å². The predicted octanol–water partition coefficient (Wildman–Crippen LogP) is 5.48. The number of amides is 1. The Balaban J connectivity index is 1.14. The normalized spacial score (nSPS) is 40.0. The highest BCUT2D eigenvalue weighted by Crippen LogP contribution is 2.65. The standard InChI is InChI=1S/C29H36FNO4/c1-28(2)21-13-31(25(24(21)28)27(33)34)26(32)20-8-19(18-3-4-18)23(9-22(20)30)35-14-29-10-15-5-16(11-29)7-17(6-15)12-29/h8-9,15-18,21,24-25H,3-7,10-14H2,1-2H3,(H,33,34)/t15?,16?,17?,21-,24-,25-,29?/m0/s1. The fourth-order valence-electron chi connectivity index (χ4n) is 9.20. The third-order valence-electron chi connectivity index (χ3n) is 10.8. The lowest BCUT2D eigenvalue weighted by Gasteiger charge is -2.56. The Labute approximate surface area is 206 Å². The lowest BCUT2D eigenvalue weighted by molar-refractivity contribution is -0.142. The number of hydrogen-bond acceptors (Lipinski definition) is 3. The smallest absolute Gasteiger partial charge is 0.326 e. The summed E-state index contributed by atoms with van der Waals surface area (Å²) in [4.78, 5) is 26.9. The topological polar surface area (TPSA) is 66.8 Å². The van der Waals surface area contributed by atoms with Crippen molar-refractivity contribution in [2.75, 3.05) is 13.2 Å². The van der Waals surface area contributed by atoms with Crippen molar-refractivity contribution in [3.8, 4) is 5.75 Å². The van der Waals surface area contributed by atoms with Crippen molar-refractivity contribution in [2.24, 2.45) is 40.4 Å². The first kappa shape index (κ1) is 22.1. The zero-order valence-electron chi connectivity index (χ0n) is 20.8. The first-order valence-corrected chi connectivity index (χ1v) is 13.7. The number of halogens is 1. The molecule has 35 heavy (non-hydrogen) atoms. The maximum atomic E-state index is 15.4. The summed E-state index contributed by atoms with van der Waals surface area (Å²) in [7, 11) is 0. The molecule has 3 atom stereocenters. The number of hydrogen-bond donors (Lipinski definition) is 1. The molecule has 6 aliphatic carbocycles. The van der Waals surface area contributed by atoms with E-state index in [4.69, 9.17) is 4.74 Å². The molecular formula is C29H36FNO4. The van der Waals surface area contributed by atoms with Crippen LogP contribution in [0.1, 0.15) is 87.1 Å². The molecule has 4 bridgehead atoms. The van der Waals surface area contributed by atoms with Crippen LogP contribution in [0, 0.1) is 46.2 Å². The Bertz CT molecular complexity index is 1070. The minimum Gasteiger partial charge on any atom is -0.493 e. The van der Waals surface area contributed by atoms with Gasteiger partial charge in [-0.05, 0) is 98.0 Å². The van der Waals surface area contributed by atoms with Gasteiger partial charge >= 0.3 is 5.97 Å². The van der Waals surface area contributed by atoms with Gasteiger partial charge in [-0.25, -0.2) is 9.18 Å². The zero-order chi connectivity index (χ0) is 24.3. The number of carbonyl (C=O) groups excluding carboxylic acids is 1. The summed E-state index contributed by atoms with van der Waals surface area (Å²) in [6.07, 6.45) is 9.89. The van der Waals surface area contributed by atoms with Crippen LogP contribution in [0.2, 0.25) is 0 Å². The maximum absolute atomic E-state index is 15.4.